The Morgan fingerprint density at radius 1 is 1.53 bits per heavy atom. The van der Waals surface area contributed by atoms with E-state index in [1.807, 2.05) is 0 Å². The van der Waals surface area contributed by atoms with E-state index in [9.17, 15) is 14.4 Å². The van der Waals surface area contributed by atoms with E-state index in [0.717, 1.165) is 0 Å². The van der Waals surface area contributed by atoms with Crippen LogP contribution in [0.25, 0.3) is 0 Å². The van der Waals surface area contributed by atoms with Crippen molar-refractivity contribution in [2.24, 2.45) is 5.10 Å². The fourth-order valence-corrected chi connectivity index (χ4v) is 1.36. The molecule has 7 nitrogen and oxygen atoms in total. The van der Waals surface area contributed by atoms with Gasteiger partial charge in [-0.15, -0.1) is 0 Å². The first-order valence-corrected chi connectivity index (χ1v) is 5.37. The van der Waals surface area contributed by atoms with Gasteiger partial charge in [-0.25, -0.2) is 5.43 Å². The number of aliphatic carboxylic acids is 1. The molecule has 0 saturated heterocycles. The molecule has 17 heavy (non-hydrogen) atoms. The molecule has 0 spiro atoms. The monoisotopic (exact) mass is 241 g/mol. The van der Waals surface area contributed by atoms with E-state index in [2.05, 4.69) is 15.8 Å². The topological polar surface area (TPSA) is 108 Å². The summed E-state index contributed by atoms with van der Waals surface area (Å²) in [5, 5.41) is 14.8. The van der Waals surface area contributed by atoms with Crippen LogP contribution in [-0.2, 0) is 14.4 Å². The molecule has 1 unspecified atom stereocenters. The number of nitrogens with zero attached hydrogens (tertiary/aromatic N) is 1. The Hall–Kier alpha value is -1.92. The van der Waals surface area contributed by atoms with Crippen LogP contribution in [0.1, 0.15) is 32.6 Å². The van der Waals surface area contributed by atoms with E-state index in [0.29, 0.717) is 12.8 Å². The van der Waals surface area contributed by atoms with Crippen LogP contribution in [0.5, 0.6) is 0 Å². The molecular formula is C10H15N3O4. The second-order valence-corrected chi connectivity index (χ2v) is 3.90. The van der Waals surface area contributed by atoms with E-state index < -0.39 is 5.97 Å². The maximum absolute atomic E-state index is 11.6. The van der Waals surface area contributed by atoms with Crippen LogP contribution in [0.2, 0.25) is 0 Å². The predicted molar refractivity (Wildman–Crippen MR) is 59.3 cm³/mol. The molecule has 0 fully saturated rings. The summed E-state index contributed by atoms with van der Waals surface area (Å²) in [6.07, 6.45) is 0.921. The van der Waals surface area contributed by atoms with Crippen molar-refractivity contribution in [1.29, 1.82) is 0 Å². The van der Waals surface area contributed by atoms with Gasteiger partial charge in [-0.05, 0) is 13.3 Å². The summed E-state index contributed by atoms with van der Waals surface area (Å²) < 4.78 is 0. The van der Waals surface area contributed by atoms with E-state index in [1.165, 1.54) is 0 Å². The van der Waals surface area contributed by atoms with Crippen molar-refractivity contribution in [2.45, 2.75) is 38.6 Å². The number of carboxylic acids is 1. The molecule has 94 valence electrons. The lowest BCUT2D eigenvalue weighted by Gasteiger charge is -2.15. The molecule has 0 saturated carbocycles. The van der Waals surface area contributed by atoms with Gasteiger partial charge in [0, 0.05) is 25.3 Å². The number of amides is 2. The van der Waals surface area contributed by atoms with Crippen molar-refractivity contribution >= 4 is 23.5 Å². The highest BCUT2D eigenvalue weighted by Gasteiger charge is 2.19. The number of hydrazone groups is 1. The molecule has 2 amide bonds. The molecule has 0 radical (unpaired) electrons. The van der Waals surface area contributed by atoms with Crippen LogP contribution >= 0.6 is 0 Å². The molecule has 3 N–H and O–H groups in total. The molecular weight excluding hydrogens is 226 g/mol. The lowest BCUT2D eigenvalue weighted by molar-refractivity contribution is -0.137. The first-order valence-electron chi connectivity index (χ1n) is 5.37. The van der Waals surface area contributed by atoms with Crippen molar-refractivity contribution in [1.82, 2.24) is 10.7 Å². The summed E-state index contributed by atoms with van der Waals surface area (Å²) in [4.78, 5) is 32.8. The number of carbonyl (C=O) groups excluding carboxylic acids is 2. The van der Waals surface area contributed by atoms with Gasteiger partial charge in [0.2, 0.25) is 5.91 Å². The normalized spacial score (nSPS) is 16.8. The maximum atomic E-state index is 11.6. The molecule has 1 aliphatic heterocycles. The molecule has 7 heteroatoms. The molecule has 1 heterocycles. The summed E-state index contributed by atoms with van der Waals surface area (Å²) in [5.41, 5.74) is 2.50. The van der Waals surface area contributed by atoms with Gasteiger partial charge >= 0.3 is 5.97 Å². The first kappa shape index (κ1) is 13.1. The van der Waals surface area contributed by atoms with E-state index in [4.69, 9.17) is 5.11 Å². The van der Waals surface area contributed by atoms with Crippen LogP contribution in [0.4, 0.5) is 0 Å². The third-order valence-electron chi connectivity index (χ3n) is 2.34. The van der Waals surface area contributed by atoms with Gasteiger partial charge in [0.25, 0.3) is 5.91 Å². The number of rotatable bonds is 5. The Morgan fingerprint density at radius 3 is 2.76 bits per heavy atom. The second kappa shape index (κ2) is 5.97. The zero-order valence-corrected chi connectivity index (χ0v) is 9.52. The van der Waals surface area contributed by atoms with Gasteiger partial charge in [0.05, 0.1) is 0 Å². The largest absolute Gasteiger partial charge is 0.481 e. The number of hydrogen-bond donors (Lipinski definition) is 3. The smallest absolute Gasteiger partial charge is 0.303 e. The fourth-order valence-electron chi connectivity index (χ4n) is 1.36. The summed E-state index contributed by atoms with van der Waals surface area (Å²) >= 11 is 0. The SMILES string of the molecule is CC(CCC(=O)O)NC(=O)C1=NNC(=O)CC1. The zero-order chi connectivity index (χ0) is 12.8. The van der Waals surface area contributed by atoms with Gasteiger partial charge in [-0.1, -0.05) is 0 Å². The highest BCUT2D eigenvalue weighted by molar-refractivity contribution is 6.39. The minimum absolute atomic E-state index is 0.00462. The lowest BCUT2D eigenvalue weighted by atomic mass is 10.1. The van der Waals surface area contributed by atoms with Crippen LogP contribution < -0.4 is 10.7 Å². The van der Waals surface area contributed by atoms with Gasteiger partial charge < -0.3 is 10.4 Å². The number of carbonyl (C=O) groups is 3. The van der Waals surface area contributed by atoms with Crippen molar-refractivity contribution in [3.63, 3.8) is 0 Å². The molecule has 1 aliphatic rings. The van der Waals surface area contributed by atoms with Crippen molar-refractivity contribution in [3.05, 3.63) is 0 Å². The molecule has 0 aromatic rings. The van der Waals surface area contributed by atoms with Gasteiger partial charge in [0.1, 0.15) is 5.71 Å². The first-order chi connectivity index (χ1) is 7.99. The summed E-state index contributed by atoms with van der Waals surface area (Å²) in [6, 6.07) is -0.237. The molecule has 1 atom stereocenters. The standard InChI is InChI=1S/C10H15N3O4/c1-6(2-5-9(15)16)11-10(17)7-3-4-8(14)13-12-7/h6H,2-5H2,1H3,(H,11,17)(H,13,14)(H,15,16). The van der Waals surface area contributed by atoms with Gasteiger partial charge in [-0.3, -0.25) is 14.4 Å². The number of nitrogens with one attached hydrogen (secondary N) is 2. The minimum atomic E-state index is -0.895. The molecule has 0 bridgehead atoms. The second-order valence-electron chi connectivity index (χ2n) is 3.90. The van der Waals surface area contributed by atoms with Gasteiger partial charge in [-0.2, -0.15) is 5.10 Å². The average Bonchev–Trinajstić information content (AvgIpc) is 2.27. The molecule has 0 aromatic heterocycles. The van der Waals surface area contributed by atoms with Crippen LogP contribution in [0, 0.1) is 0 Å². The molecule has 0 aromatic carbocycles. The Morgan fingerprint density at radius 2 is 2.24 bits per heavy atom. The van der Waals surface area contributed by atoms with E-state index >= 15 is 0 Å². The minimum Gasteiger partial charge on any atom is -0.481 e. The zero-order valence-electron chi connectivity index (χ0n) is 9.52. The van der Waals surface area contributed by atoms with Crippen LogP contribution in [0.15, 0.2) is 5.10 Å². The number of hydrogen-bond acceptors (Lipinski definition) is 4. The highest BCUT2D eigenvalue weighted by atomic mass is 16.4. The fraction of sp³-hybridized carbons (Fsp3) is 0.600. The van der Waals surface area contributed by atoms with Crippen LogP contribution in [-0.4, -0.2) is 34.6 Å². The Labute approximate surface area is 98.3 Å². The third kappa shape index (κ3) is 4.62. The number of carboxylic acid groups (broad SMARTS) is 1. The third-order valence-corrected chi connectivity index (χ3v) is 2.34. The van der Waals surface area contributed by atoms with E-state index in [1.54, 1.807) is 6.92 Å². The molecule has 1 rings (SSSR count). The van der Waals surface area contributed by atoms with Crippen molar-refractivity contribution in [2.75, 3.05) is 0 Å². The summed E-state index contributed by atoms with van der Waals surface area (Å²) in [6.45, 7) is 1.73. The lowest BCUT2D eigenvalue weighted by Crippen LogP contribution is -2.41. The average molecular weight is 241 g/mol. The van der Waals surface area contributed by atoms with Gasteiger partial charge in [0.15, 0.2) is 0 Å². The summed E-state index contributed by atoms with van der Waals surface area (Å²) in [5.74, 6) is -1.46. The van der Waals surface area contributed by atoms with Crippen LogP contribution in [0.3, 0.4) is 0 Å². The Balaban J connectivity index is 2.38. The molecule has 0 aliphatic carbocycles. The van der Waals surface area contributed by atoms with Crippen molar-refractivity contribution < 1.29 is 19.5 Å². The highest BCUT2D eigenvalue weighted by Crippen LogP contribution is 2.01. The Kier molecular flexibility index (Phi) is 4.62. The maximum Gasteiger partial charge on any atom is 0.303 e. The Bertz CT molecular complexity index is 365. The summed E-state index contributed by atoms with van der Waals surface area (Å²) in [7, 11) is 0. The van der Waals surface area contributed by atoms with E-state index in [-0.39, 0.29) is 36.4 Å². The quantitative estimate of drug-likeness (QED) is 0.609. The predicted octanol–water partition coefficient (Wildman–Crippen LogP) is -0.378. The van der Waals surface area contributed by atoms with Crippen molar-refractivity contribution in [3.8, 4) is 0 Å².